The number of hydrazone groups is 1. The molecule has 0 aromatic rings. The maximum absolute atomic E-state index is 5.50. The highest BCUT2D eigenvalue weighted by Crippen LogP contribution is 2.32. The lowest BCUT2D eigenvalue weighted by Crippen LogP contribution is -2.38. The maximum atomic E-state index is 5.50. The minimum Gasteiger partial charge on any atom is -0.381 e. The van der Waals surface area contributed by atoms with Crippen LogP contribution in [-0.2, 0) is 11.3 Å². The van der Waals surface area contributed by atoms with E-state index in [1.54, 1.807) is 0 Å². The number of anilines is 1. The molecule has 4 heterocycles. The highest BCUT2D eigenvalue weighted by atomic mass is 16.5. The van der Waals surface area contributed by atoms with Gasteiger partial charge in [0.15, 0.2) is 0 Å². The number of hydrogen-bond acceptors (Lipinski definition) is 6. The Labute approximate surface area is 146 Å². The van der Waals surface area contributed by atoms with Gasteiger partial charge in [0.05, 0.1) is 35.2 Å². The van der Waals surface area contributed by atoms with Crippen molar-refractivity contribution in [1.82, 2.24) is 9.99 Å². The standard InChI is InChI=1S/C19H21N5O/c1-2-12-10-21-22-19-15-3-4-16-17(15)13(9-20-18(12)19)11-24(23-16)14-5-7-25-8-6-14/h3-4,9-10,14,22H,2,5-8,11H2,1H3. The van der Waals surface area contributed by atoms with Crippen LogP contribution in [0.15, 0.2) is 28.5 Å². The average Bonchev–Trinajstić information content (AvgIpc) is 3.02. The van der Waals surface area contributed by atoms with Gasteiger partial charge in [0, 0.05) is 36.1 Å². The van der Waals surface area contributed by atoms with Gasteiger partial charge in [-0.05, 0) is 37.0 Å². The van der Waals surface area contributed by atoms with Crippen molar-refractivity contribution in [3.8, 4) is 11.1 Å². The number of fused-ring (bicyclic) bond motifs is 2. The van der Waals surface area contributed by atoms with Crippen LogP contribution in [0.5, 0.6) is 0 Å². The Hall–Kier alpha value is -2.47. The van der Waals surface area contributed by atoms with Gasteiger partial charge in [0.1, 0.15) is 0 Å². The summed E-state index contributed by atoms with van der Waals surface area (Å²) in [4.78, 5) is 4.83. The zero-order valence-corrected chi connectivity index (χ0v) is 14.3. The van der Waals surface area contributed by atoms with Gasteiger partial charge in [-0.25, -0.2) is 0 Å². The molecule has 0 amide bonds. The van der Waals surface area contributed by atoms with Crippen molar-refractivity contribution in [2.75, 3.05) is 18.6 Å². The summed E-state index contributed by atoms with van der Waals surface area (Å²) in [5, 5.41) is 13.5. The maximum Gasteiger partial charge on any atom is 0.0934 e. The molecule has 1 N–H and O–H groups in total. The number of ether oxygens (including phenoxy) is 1. The molecule has 0 bridgehead atoms. The van der Waals surface area contributed by atoms with Crippen LogP contribution in [0, 0.1) is 0 Å². The summed E-state index contributed by atoms with van der Waals surface area (Å²) in [6.07, 6.45) is 6.90. The molecule has 4 aliphatic heterocycles. The first-order valence-electron chi connectivity index (χ1n) is 9.01. The number of nitrogens with one attached hydrogen (secondary N) is 1. The van der Waals surface area contributed by atoms with E-state index < -0.39 is 0 Å². The molecule has 1 saturated heterocycles. The van der Waals surface area contributed by atoms with Gasteiger partial charge in [-0.2, -0.15) is 10.2 Å². The Morgan fingerprint density at radius 3 is 3.00 bits per heavy atom. The number of nitrogens with zero attached hydrogens (tertiary/aromatic N) is 4. The summed E-state index contributed by atoms with van der Waals surface area (Å²) in [5.41, 5.74) is 8.94. The highest BCUT2D eigenvalue weighted by Gasteiger charge is 2.27. The number of rotatable bonds is 2. The molecule has 0 aromatic carbocycles. The molecule has 5 rings (SSSR count). The first-order chi connectivity index (χ1) is 12.3. The Morgan fingerprint density at radius 1 is 1.28 bits per heavy atom. The van der Waals surface area contributed by atoms with Gasteiger partial charge in [-0.15, -0.1) is 0 Å². The quantitative estimate of drug-likeness (QED) is 0.907. The molecular formula is C19H21N5O. The first-order valence-corrected chi connectivity index (χ1v) is 9.01. The van der Waals surface area contributed by atoms with Crippen LogP contribution in [-0.4, -0.2) is 35.5 Å². The third-order valence-corrected chi connectivity index (χ3v) is 5.37. The summed E-state index contributed by atoms with van der Waals surface area (Å²) >= 11 is 0. The summed E-state index contributed by atoms with van der Waals surface area (Å²) in [7, 11) is 0. The molecule has 0 aromatic heterocycles. The topological polar surface area (TPSA) is 62.1 Å². The van der Waals surface area contributed by atoms with Crippen LogP contribution in [0.3, 0.4) is 0 Å². The van der Waals surface area contributed by atoms with E-state index in [4.69, 9.17) is 14.8 Å². The summed E-state index contributed by atoms with van der Waals surface area (Å²) < 4.78 is 5.50. The van der Waals surface area contributed by atoms with Gasteiger partial charge in [-0.1, -0.05) is 6.92 Å². The molecule has 128 valence electrons. The second kappa shape index (κ2) is 5.81. The van der Waals surface area contributed by atoms with E-state index in [-0.39, 0.29) is 0 Å². The monoisotopic (exact) mass is 335 g/mol. The molecule has 0 radical (unpaired) electrons. The molecule has 25 heavy (non-hydrogen) atoms. The van der Waals surface area contributed by atoms with Crippen molar-refractivity contribution in [2.45, 2.75) is 38.8 Å². The Kier molecular flexibility index (Phi) is 3.45. The lowest BCUT2D eigenvalue weighted by Gasteiger charge is -2.33. The molecule has 0 atom stereocenters. The van der Waals surface area contributed by atoms with Gasteiger partial charge in [0.25, 0.3) is 0 Å². The fraction of sp³-hybridized carbons (Fsp3) is 0.421. The minimum atomic E-state index is 0.450. The van der Waals surface area contributed by atoms with E-state index in [1.807, 2.05) is 12.4 Å². The van der Waals surface area contributed by atoms with Gasteiger partial charge in [-0.3, -0.25) is 15.4 Å². The van der Waals surface area contributed by atoms with Gasteiger partial charge >= 0.3 is 0 Å². The van der Waals surface area contributed by atoms with Crippen LogP contribution in [0.4, 0.5) is 5.69 Å². The molecular weight excluding hydrogens is 314 g/mol. The number of hydrogen-bond donors (Lipinski definition) is 1. The van der Waals surface area contributed by atoms with Crippen LogP contribution < -0.4 is 16.1 Å². The van der Waals surface area contributed by atoms with Crippen molar-refractivity contribution >= 4 is 17.5 Å². The Bertz CT molecular complexity index is 945. The molecule has 1 aliphatic carbocycles. The van der Waals surface area contributed by atoms with Gasteiger partial charge < -0.3 is 4.74 Å². The third kappa shape index (κ3) is 2.32. The summed E-state index contributed by atoms with van der Waals surface area (Å²) in [6, 6.07) is 4.71. The fourth-order valence-corrected chi connectivity index (χ4v) is 4.01. The molecule has 6 nitrogen and oxygen atoms in total. The Balaban J connectivity index is 1.67. The number of aromatic nitrogens is 1. The van der Waals surface area contributed by atoms with E-state index in [0.717, 1.165) is 66.6 Å². The van der Waals surface area contributed by atoms with Crippen LogP contribution in [0.25, 0.3) is 16.7 Å². The lowest BCUT2D eigenvalue weighted by atomic mass is 10.0. The molecule has 1 fully saturated rings. The predicted molar refractivity (Wildman–Crippen MR) is 96.8 cm³/mol. The molecule has 0 spiro atoms. The smallest absolute Gasteiger partial charge is 0.0934 e. The molecule has 6 heteroatoms. The van der Waals surface area contributed by atoms with E-state index in [2.05, 4.69) is 34.6 Å². The van der Waals surface area contributed by atoms with E-state index >= 15 is 0 Å². The normalized spacial score (nSPS) is 19.6. The molecule has 5 aliphatic rings. The van der Waals surface area contributed by atoms with Crippen LogP contribution >= 0.6 is 0 Å². The van der Waals surface area contributed by atoms with Crippen molar-refractivity contribution in [1.29, 1.82) is 0 Å². The zero-order chi connectivity index (χ0) is 16.8. The first kappa shape index (κ1) is 14.8. The second-order valence-electron chi connectivity index (χ2n) is 6.80. The van der Waals surface area contributed by atoms with Crippen LogP contribution in [0.1, 0.15) is 31.7 Å². The SMILES string of the molecule is CCC1=c2ncc3c4c(ccc-4c2NN=C1)=NN(C1CCOCC1)C3. The Morgan fingerprint density at radius 2 is 2.16 bits per heavy atom. The predicted octanol–water partition coefficient (Wildman–Crippen LogP) is 1.69. The highest BCUT2D eigenvalue weighted by molar-refractivity contribution is 6.05. The van der Waals surface area contributed by atoms with E-state index in [0.29, 0.717) is 6.04 Å². The van der Waals surface area contributed by atoms with Crippen molar-refractivity contribution in [3.63, 3.8) is 0 Å². The van der Waals surface area contributed by atoms with Gasteiger partial charge in [0.2, 0.25) is 0 Å². The van der Waals surface area contributed by atoms with E-state index in [1.165, 1.54) is 11.1 Å². The zero-order valence-electron chi connectivity index (χ0n) is 14.3. The average molecular weight is 335 g/mol. The molecule has 0 unspecified atom stereocenters. The summed E-state index contributed by atoms with van der Waals surface area (Å²) in [6.45, 7) is 4.59. The fourth-order valence-electron chi connectivity index (χ4n) is 4.01. The lowest BCUT2D eigenvalue weighted by molar-refractivity contribution is 0.0293. The third-order valence-electron chi connectivity index (χ3n) is 5.37. The van der Waals surface area contributed by atoms with E-state index in [9.17, 15) is 0 Å². The molecule has 0 saturated carbocycles. The van der Waals surface area contributed by atoms with Crippen molar-refractivity contribution in [2.24, 2.45) is 10.2 Å². The van der Waals surface area contributed by atoms with Crippen LogP contribution in [0.2, 0.25) is 0 Å². The second-order valence-corrected chi connectivity index (χ2v) is 6.80. The largest absolute Gasteiger partial charge is 0.381 e. The van der Waals surface area contributed by atoms with Crippen molar-refractivity contribution in [3.05, 3.63) is 34.6 Å². The summed E-state index contributed by atoms with van der Waals surface area (Å²) in [5.74, 6) is 0. The minimum absolute atomic E-state index is 0.450. The van der Waals surface area contributed by atoms with Crippen molar-refractivity contribution < 1.29 is 4.74 Å².